The second-order valence-corrected chi connectivity index (χ2v) is 38.5. The monoisotopic (exact) mass is 1670 g/mol. The average molecular weight is 1670 g/mol. The Morgan fingerprint density at radius 3 is 0.569 bits per heavy atom. The van der Waals surface area contributed by atoms with Crippen LogP contribution in [0.5, 0.6) is 0 Å². The van der Waals surface area contributed by atoms with E-state index in [1.807, 2.05) is 0 Å². The van der Waals surface area contributed by atoms with Crippen LogP contribution in [0.3, 0.4) is 0 Å². The first-order valence-corrected chi connectivity index (χ1v) is 45.9. The van der Waals surface area contributed by atoms with Crippen molar-refractivity contribution in [2.24, 2.45) is 0 Å². The Hall–Kier alpha value is -15.4. The first-order valence-electron chi connectivity index (χ1n) is 45.9. The molecule has 24 rings (SSSR count). The van der Waals surface area contributed by atoms with Gasteiger partial charge in [-0.3, -0.25) is 0 Å². The maximum atomic E-state index is 2.53. The lowest BCUT2D eigenvalue weighted by molar-refractivity contribution is 0.660. The van der Waals surface area contributed by atoms with E-state index in [1.165, 1.54) is 122 Å². The van der Waals surface area contributed by atoms with Gasteiger partial charge in [0.2, 0.25) is 0 Å². The number of aryl methyl sites for hydroxylation is 2. The van der Waals surface area contributed by atoms with Gasteiger partial charge >= 0.3 is 0 Å². The number of hydrogen-bond donors (Lipinski definition) is 0. The first-order chi connectivity index (χ1) is 63.3. The molecule has 0 saturated heterocycles. The van der Waals surface area contributed by atoms with E-state index in [4.69, 9.17) is 0 Å². The van der Waals surface area contributed by atoms with Crippen molar-refractivity contribution < 1.29 is 0 Å². The Morgan fingerprint density at radius 1 is 0.154 bits per heavy atom. The summed E-state index contributed by atoms with van der Waals surface area (Å²) in [6, 6.07) is 157. The van der Waals surface area contributed by atoms with Crippen molar-refractivity contribution in [2.75, 3.05) is 19.6 Å². The highest BCUT2D eigenvalue weighted by Crippen LogP contribution is 2.59. The van der Waals surface area contributed by atoms with Gasteiger partial charge in [0.25, 0.3) is 0 Å². The maximum Gasteiger partial charge on any atom is 0.0561 e. The second-order valence-electron chi connectivity index (χ2n) is 38.5. The Bertz CT molecular complexity index is 7460. The number of nitrogens with zero attached hydrogens (tertiary/aromatic N) is 4. The highest BCUT2D eigenvalue weighted by molar-refractivity contribution is 6.33. The lowest BCUT2D eigenvalue weighted by Crippen LogP contribution is -2.16. The fraction of sp³-hybridized carbons (Fsp3) is 0.111. The molecule has 4 aliphatic rings. The van der Waals surface area contributed by atoms with Crippen LogP contribution >= 0.6 is 0 Å². The molecule has 0 atom stereocenters. The summed E-state index contributed by atoms with van der Waals surface area (Å²) in [7, 11) is 0. The molecule has 622 valence electrons. The summed E-state index contributed by atoms with van der Waals surface area (Å²) in [5, 5.41) is 6.73. The van der Waals surface area contributed by atoms with Crippen LogP contribution < -0.4 is 19.6 Å². The molecule has 20 aromatic carbocycles. The predicted octanol–water partition coefficient (Wildman–Crippen LogP) is 35.0. The lowest BCUT2D eigenvalue weighted by atomic mass is 9.81. The smallest absolute Gasteiger partial charge is 0.0561 e. The molecule has 130 heavy (non-hydrogen) atoms. The summed E-state index contributed by atoms with van der Waals surface area (Å²) in [5.74, 6) is 0. The summed E-state index contributed by atoms with van der Waals surface area (Å²) in [6.07, 6.45) is 0. The van der Waals surface area contributed by atoms with Gasteiger partial charge in [-0.25, -0.2) is 0 Å². The normalized spacial score (nSPS) is 14.0. The van der Waals surface area contributed by atoms with Crippen molar-refractivity contribution in [3.05, 3.63) is 468 Å². The van der Waals surface area contributed by atoms with Gasteiger partial charge in [-0.1, -0.05) is 346 Å². The number of benzene rings is 20. The Balaban J connectivity index is 0.756. The molecule has 0 unspecified atom stereocenters. The highest BCUT2D eigenvalue weighted by Gasteiger charge is 2.41. The standard InChI is InChI=1S/C126H98N4/c1-79-37-53-91(54-38-79)129(95-61-45-83(46-62-95)87-51-67-103-99-31-19-23-35-111(99)125(7,8)115(103)75-87)119-77-117(127(89-25-13-11-14-26-89)93-57-41-81(42-58-93)85-49-65-101-97-29-17-21-33-109(97)123(3,4)113(101)73-85)105-70-72-108-120(130(92-55-39-80(2)40-56-92)96-63-47-84(48-64-96)88-52-68-104-100-32-20-24-36-112(100)126(9,10)116(104)76-88)78-118(106-69-71-107(119)121(105)122(106)108)128(90-27-15-12-16-28-90)94-59-43-82(44-60-94)86-50-66-102-98-30-18-22-34-110(98)124(5,6)114(102)74-86/h11-78H,1-10H3. The largest absolute Gasteiger partial charge is 0.310 e. The van der Waals surface area contributed by atoms with Gasteiger partial charge in [-0.05, 0) is 281 Å². The molecule has 0 bridgehead atoms. The van der Waals surface area contributed by atoms with E-state index in [0.717, 1.165) is 123 Å². The molecule has 0 aromatic heterocycles. The quantitative estimate of drug-likeness (QED) is 0.0894. The van der Waals surface area contributed by atoms with E-state index in [0.29, 0.717) is 0 Å². The fourth-order valence-electron chi connectivity index (χ4n) is 22.7. The van der Waals surface area contributed by atoms with Crippen LogP contribution in [0.1, 0.15) is 111 Å². The van der Waals surface area contributed by atoms with E-state index in [9.17, 15) is 0 Å². The van der Waals surface area contributed by atoms with Gasteiger partial charge < -0.3 is 19.6 Å². The Labute approximate surface area is 762 Å². The van der Waals surface area contributed by atoms with Crippen molar-refractivity contribution in [1.82, 2.24) is 0 Å². The molecule has 4 nitrogen and oxygen atoms in total. The Kier molecular flexibility index (Phi) is 17.8. The molecule has 0 radical (unpaired) electrons. The van der Waals surface area contributed by atoms with E-state index >= 15 is 0 Å². The lowest BCUT2D eigenvalue weighted by Gasteiger charge is -2.34. The molecular formula is C126H98N4. The number of rotatable bonds is 16. The number of hydrogen-bond acceptors (Lipinski definition) is 4. The molecule has 0 heterocycles. The van der Waals surface area contributed by atoms with Crippen LogP contribution in [0.2, 0.25) is 0 Å². The highest BCUT2D eigenvalue weighted by atomic mass is 15.2. The van der Waals surface area contributed by atoms with Crippen LogP contribution in [0.4, 0.5) is 68.2 Å². The maximum absolute atomic E-state index is 2.53. The van der Waals surface area contributed by atoms with E-state index in [2.05, 4.69) is 501 Å². The molecule has 4 heteroatoms. The third-order valence-electron chi connectivity index (χ3n) is 29.6. The number of fused-ring (bicyclic) bond motifs is 12. The molecule has 0 N–H and O–H groups in total. The predicted molar refractivity (Wildman–Crippen MR) is 550 cm³/mol. The molecule has 0 spiro atoms. The van der Waals surface area contributed by atoms with Crippen molar-refractivity contribution in [3.8, 4) is 89.0 Å². The SMILES string of the molecule is Cc1ccc(N(c2ccc(-c3ccc4c(c3)C(C)(C)c3ccccc3-4)cc2)c2cc(N(c3ccccc3)c3ccc(-c4ccc5c(c4)C(C)(C)c4ccccc4-5)cc3)c3ccc4c(N(c5ccc(C)cc5)c5ccc(-c6ccc7c(c6)C(C)(C)c6ccccc6-7)cc5)cc(N(c5ccccc5)c5ccc(-c6ccc7c(c6)C(C)(C)c6ccccc6-7)cc5)c5ccc2c3c54)cc1. The summed E-state index contributed by atoms with van der Waals surface area (Å²) >= 11 is 0. The first kappa shape index (κ1) is 78.1. The zero-order valence-corrected chi connectivity index (χ0v) is 75.0. The second kappa shape index (κ2) is 29.6. The summed E-state index contributed by atoms with van der Waals surface area (Å²) < 4.78 is 0. The van der Waals surface area contributed by atoms with Crippen LogP contribution in [0.25, 0.3) is 121 Å². The summed E-state index contributed by atoms with van der Waals surface area (Å²) in [6.45, 7) is 23.4. The topological polar surface area (TPSA) is 13.0 Å². The van der Waals surface area contributed by atoms with Crippen molar-refractivity contribution in [1.29, 1.82) is 0 Å². The third kappa shape index (κ3) is 12.2. The zero-order chi connectivity index (χ0) is 87.8. The van der Waals surface area contributed by atoms with Crippen molar-refractivity contribution in [3.63, 3.8) is 0 Å². The van der Waals surface area contributed by atoms with Crippen molar-refractivity contribution >= 4 is 101 Å². The van der Waals surface area contributed by atoms with E-state index < -0.39 is 0 Å². The zero-order valence-electron chi connectivity index (χ0n) is 75.0. The summed E-state index contributed by atoms with van der Waals surface area (Å²) in [5.41, 5.74) is 45.1. The van der Waals surface area contributed by atoms with Gasteiger partial charge in [-0.15, -0.1) is 0 Å². The fourth-order valence-corrected chi connectivity index (χ4v) is 22.7. The molecule has 4 aliphatic carbocycles. The molecule has 0 aliphatic heterocycles. The number of anilines is 12. The van der Waals surface area contributed by atoms with Gasteiger partial charge in [0.05, 0.1) is 22.7 Å². The summed E-state index contributed by atoms with van der Waals surface area (Å²) in [4.78, 5) is 10.1. The molecule has 0 fully saturated rings. The molecular weight excluding hydrogens is 1570 g/mol. The van der Waals surface area contributed by atoms with Gasteiger partial charge in [0.15, 0.2) is 0 Å². The van der Waals surface area contributed by atoms with Crippen LogP contribution in [0.15, 0.2) is 413 Å². The molecule has 0 amide bonds. The van der Waals surface area contributed by atoms with Crippen LogP contribution in [-0.2, 0) is 21.7 Å². The van der Waals surface area contributed by atoms with E-state index in [1.54, 1.807) is 0 Å². The van der Waals surface area contributed by atoms with Gasteiger partial charge in [-0.2, -0.15) is 0 Å². The number of para-hydroxylation sites is 2. The Morgan fingerprint density at radius 2 is 0.338 bits per heavy atom. The average Bonchev–Trinajstić information content (AvgIpc) is 0.942. The molecule has 20 aromatic rings. The molecule has 0 saturated carbocycles. The van der Waals surface area contributed by atoms with Gasteiger partial charge in [0, 0.05) is 99.5 Å². The minimum atomic E-state index is -0.150. The van der Waals surface area contributed by atoms with E-state index in [-0.39, 0.29) is 21.7 Å². The van der Waals surface area contributed by atoms with Crippen LogP contribution in [0, 0.1) is 13.8 Å². The minimum Gasteiger partial charge on any atom is -0.310 e. The van der Waals surface area contributed by atoms with Gasteiger partial charge in [0.1, 0.15) is 0 Å². The van der Waals surface area contributed by atoms with Crippen LogP contribution in [-0.4, -0.2) is 0 Å². The van der Waals surface area contributed by atoms with Crippen molar-refractivity contribution in [2.45, 2.75) is 90.9 Å². The minimum absolute atomic E-state index is 0.150. The third-order valence-corrected chi connectivity index (χ3v) is 29.6.